The maximum absolute atomic E-state index is 12.2. The minimum atomic E-state index is -0.678. The first-order valence-corrected chi connectivity index (χ1v) is 7.73. The van der Waals surface area contributed by atoms with Crippen molar-refractivity contribution < 1.29 is 24.0 Å². The summed E-state index contributed by atoms with van der Waals surface area (Å²) in [5.41, 5.74) is -0.329. The fraction of sp³-hybridized carbons (Fsp3) is 0.500. The van der Waals surface area contributed by atoms with Crippen molar-refractivity contribution >= 4 is 17.6 Å². The highest BCUT2D eigenvalue weighted by Gasteiger charge is 2.25. The van der Waals surface area contributed by atoms with E-state index in [1.807, 2.05) is 6.92 Å². The van der Waals surface area contributed by atoms with E-state index in [1.165, 1.54) is 19.2 Å². The van der Waals surface area contributed by atoms with E-state index < -0.39 is 10.9 Å². The number of nitrogens with zero attached hydrogens (tertiary/aromatic N) is 2. The van der Waals surface area contributed by atoms with Crippen LogP contribution in [-0.4, -0.2) is 48.0 Å². The van der Waals surface area contributed by atoms with Gasteiger partial charge in [0, 0.05) is 18.7 Å². The van der Waals surface area contributed by atoms with E-state index in [4.69, 9.17) is 4.74 Å². The number of hydrogen-bond acceptors (Lipinski definition) is 6. The van der Waals surface area contributed by atoms with Crippen molar-refractivity contribution in [3.05, 3.63) is 33.9 Å². The summed E-state index contributed by atoms with van der Waals surface area (Å²) in [6.07, 6.45) is 2.98. The zero-order valence-electron chi connectivity index (χ0n) is 13.7. The van der Waals surface area contributed by atoms with E-state index in [0.29, 0.717) is 6.54 Å². The molecule has 1 aromatic carbocycles. The van der Waals surface area contributed by atoms with Crippen molar-refractivity contribution in [1.82, 2.24) is 4.90 Å². The Morgan fingerprint density at radius 1 is 1.38 bits per heavy atom. The average molecular weight is 336 g/mol. The lowest BCUT2D eigenvalue weighted by Gasteiger charge is -2.33. The summed E-state index contributed by atoms with van der Waals surface area (Å²) in [5, 5.41) is 11.2. The van der Waals surface area contributed by atoms with E-state index in [9.17, 15) is 19.7 Å². The minimum absolute atomic E-state index is 0.0486. The van der Waals surface area contributed by atoms with Crippen molar-refractivity contribution in [1.29, 1.82) is 0 Å². The number of hydrogen-bond donors (Lipinski definition) is 0. The third-order valence-corrected chi connectivity index (χ3v) is 4.05. The molecule has 1 aromatic rings. The standard InChI is InChI=1S/C16H20N2O6/c1-11-5-3-4-8-17(11)15(19)10-24-14-7-6-12(16(20)23-2)9-13(14)18(21)22/h6-7,9,11H,3-5,8,10H2,1-2H3/t11-/m1/s1. The predicted molar refractivity (Wildman–Crippen MR) is 85.0 cm³/mol. The number of nitro benzene ring substituents is 1. The van der Waals surface area contributed by atoms with Crippen LogP contribution in [0.15, 0.2) is 18.2 Å². The first-order chi connectivity index (χ1) is 11.4. The molecule has 0 aromatic heterocycles. The Balaban J connectivity index is 2.10. The molecule has 0 spiro atoms. The Kier molecular flexibility index (Phi) is 5.73. The van der Waals surface area contributed by atoms with Gasteiger partial charge in [0.05, 0.1) is 17.6 Å². The fourth-order valence-corrected chi connectivity index (χ4v) is 2.72. The lowest BCUT2D eigenvalue weighted by Crippen LogP contribution is -2.44. The van der Waals surface area contributed by atoms with Gasteiger partial charge >= 0.3 is 11.7 Å². The smallest absolute Gasteiger partial charge is 0.338 e. The van der Waals surface area contributed by atoms with Crippen LogP contribution in [0.2, 0.25) is 0 Å². The average Bonchev–Trinajstić information content (AvgIpc) is 2.59. The van der Waals surface area contributed by atoms with Crippen molar-refractivity contribution in [3.8, 4) is 5.75 Å². The van der Waals surface area contributed by atoms with Gasteiger partial charge in [-0.15, -0.1) is 0 Å². The molecule has 0 saturated carbocycles. The number of esters is 1. The number of carbonyl (C=O) groups excluding carboxylic acids is 2. The number of benzene rings is 1. The minimum Gasteiger partial charge on any atom is -0.477 e. The number of carbonyl (C=O) groups is 2. The van der Waals surface area contributed by atoms with E-state index in [1.54, 1.807) is 4.90 Å². The molecule has 24 heavy (non-hydrogen) atoms. The zero-order chi connectivity index (χ0) is 17.7. The molecule has 0 bridgehead atoms. The summed E-state index contributed by atoms with van der Waals surface area (Å²) in [4.78, 5) is 35.9. The molecule has 0 aliphatic carbocycles. The molecule has 1 saturated heterocycles. The molecule has 0 radical (unpaired) electrons. The Morgan fingerprint density at radius 3 is 2.75 bits per heavy atom. The Hall–Kier alpha value is -2.64. The van der Waals surface area contributed by atoms with Gasteiger partial charge < -0.3 is 14.4 Å². The lowest BCUT2D eigenvalue weighted by molar-refractivity contribution is -0.385. The van der Waals surface area contributed by atoms with Crippen LogP contribution in [0, 0.1) is 10.1 Å². The zero-order valence-corrected chi connectivity index (χ0v) is 13.7. The van der Waals surface area contributed by atoms with E-state index in [0.717, 1.165) is 25.3 Å². The molecule has 1 atom stereocenters. The Bertz CT molecular complexity index is 645. The van der Waals surface area contributed by atoms with Gasteiger partial charge in [-0.25, -0.2) is 4.79 Å². The predicted octanol–water partition coefficient (Wildman–Crippen LogP) is 2.16. The molecular formula is C16H20N2O6. The molecule has 0 unspecified atom stereocenters. The topological polar surface area (TPSA) is 99.0 Å². The van der Waals surface area contributed by atoms with E-state index in [-0.39, 0.29) is 35.6 Å². The molecule has 1 fully saturated rings. The van der Waals surface area contributed by atoms with Crippen LogP contribution in [0.3, 0.4) is 0 Å². The fourth-order valence-electron chi connectivity index (χ4n) is 2.72. The summed E-state index contributed by atoms with van der Waals surface area (Å²) >= 11 is 0. The van der Waals surface area contributed by atoms with E-state index >= 15 is 0 Å². The van der Waals surface area contributed by atoms with Crippen LogP contribution in [0.25, 0.3) is 0 Å². The van der Waals surface area contributed by atoms with Crippen molar-refractivity contribution in [2.24, 2.45) is 0 Å². The summed E-state index contributed by atoms with van der Waals surface area (Å²) < 4.78 is 9.88. The molecule has 8 nitrogen and oxygen atoms in total. The van der Waals surface area contributed by atoms with Crippen LogP contribution in [0.1, 0.15) is 36.5 Å². The highest BCUT2D eigenvalue weighted by molar-refractivity contribution is 5.90. The van der Waals surface area contributed by atoms with Crippen LogP contribution in [0.4, 0.5) is 5.69 Å². The molecule has 1 aliphatic rings. The summed E-state index contributed by atoms with van der Waals surface area (Å²) in [5.74, 6) is -0.929. The second kappa shape index (κ2) is 7.76. The Labute approximate surface area is 139 Å². The monoisotopic (exact) mass is 336 g/mol. The molecule has 1 amide bonds. The Morgan fingerprint density at radius 2 is 2.12 bits per heavy atom. The summed E-state index contributed by atoms with van der Waals surface area (Å²) in [6, 6.07) is 3.89. The van der Waals surface area contributed by atoms with E-state index in [2.05, 4.69) is 4.74 Å². The van der Waals surface area contributed by atoms with Crippen molar-refractivity contribution in [3.63, 3.8) is 0 Å². The van der Waals surface area contributed by atoms with Gasteiger partial charge in [-0.05, 0) is 38.3 Å². The number of methoxy groups -OCH3 is 1. The number of piperidine rings is 1. The SMILES string of the molecule is COC(=O)c1ccc(OCC(=O)N2CCCC[C@H]2C)c([N+](=O)[O-])c1. The van der Waals surface area contributed by atoms with Gasteiger partial charge in [0.15, 0.2) is 12.4 Å². The van der Waals surface area contributed by atoms with Gasteiger partial charge in [0.25, 0.3) is 5.91 Å². The number of likely N-dealkylation sites (tertiary alicyclic amines) is 1. The molecule has 2 rings (SSSR count). The highest BCUT2D eigenvalue weighted by Crippen LogP contribution is 2.28. The third kappa shape index (κ3) is 4.01. The maximum Gasteiger partial charge on any atom is 0.338 e. The summed E-state index contributed by atoms with van der Waals surface area (Å²) in [7, 11) is 1.19. The van der Waals surface area contributed by atoms with Crippen molar-refractivity contribution in [2.45, 2.75) is 32.2 Å². The van der Waals surface area contributed by atoms with Gasteiger partial charge in [-0.1, -0.05) is 0 Å². The van der Waals surface area contributed by atoms with Crippen LogP contribution < -0.4 is 4.74 Å². The lowest BCUT2D eigenvalue weighted by atomic mass is 10.0. The molecule has 0 N–H and O–H groups in total. The quantitative estimate of drug-likeness (QED) is 0.464. The van der Waals surface area contributed by atoms with Gasteiger partial charge in [-0.3, -0.25) is 14.9 Å². The molecule has 1 heterocycles. The number of rotatable bonds is 5. The van der Waals surface area contributed by atoms with Gasteiger partial charge in [0.1, 0.15) is 0 Å². The molecule has 8 heteroatoms. The highest BCUT2D eigenvalue weighted by atomic mass is 16.6. The van der Waals surface area contributed by atoms with Crippen LogP contribution in [0.5, 0.6) is 5.75 Å². The first kappa shape index (κ1) is 17.7. The second-order valence-electron chi connectivity index (χ2n) is 5.65. The third-order valence-electron chi connectivity index (χ3n) is 4.05. The van der Waals surface area contributed by atoms with Gasteiger partial charge in [-0.2, -0.15) is 0 Å². The second-order valence-corrected chi connectivity index (χ2v) is 5.65. The molecule has 1 aliphatic heterocycles. The number of nitro groups is 1. The normalized spacial score (nSPS) is 17.2. The molecule has 130 valence electrons. The van der Waals surface area contributed by atoms with Gasteiger partial charge in [0.2, 0.25) is 0 Å². The largest absolute Gasteiger partial charge is 0.477 e. The summed E-state index contributed by atoms with van der Waals surface area (Å²) in [6.45, 7) is 2.38. The van der Waals surface area contributed by atoms with Crippen molar-refractivity contribution in [2.75, 3.05) is 20.3 Å². The maximum atomic E-state index is 12.2. The van der Waals surface area contributed by atoms with Crippen LogP contribution >= 0.6 is 0 Å². The first-order valence-electron chi connectivity index (χ1n) is 7.73. The van der Waals surface area contributed by atoms with Crippen LogP contribution in [-0.2, 0) is 9.53 Å². The number of amides is 1. The molecular weight excluding hydrogens is 316 g/mol. The number of ether oxygens (including phenoxy) is 2.